The van der Waals surface area contributed by atoms with Crippen molar-refractivity contribution in [3.63, 3.8) is 0 Å². The van der Waals surface area contributed by atoms with E-state index in [2.05, 4.69) is 36.2 Å². The van der Waals surface area contributed by atoms with Gasteiger partial charge < -0.3 is 4.74 Å². The number of nitrogens with zero attached hydrogens (tertiary/aromatic N) is 3. The lowest BCUT2D eigenvalue weighted by atomic mass is 10.1. The van der Waals surface area contributed by atoms with Crippen molar-refractivity contribution in [3.05, 3.63) is 23.8 Å². The molecule has 0 heterocycles. The van der Waals surface area contributed by atoms with Gasteiger partial charge in [0.15, 0.2) is 0 Å². The predicted octanol–water partition coefficient (Wildman–Crippen LogP) is 3.99. The fourth-order valence-electron chi connectivity index (χ4n) is 1.89. The largest absolute Gasteiger partial charge is 0.494 e. The number of ether oxygens (including phenoxy) is 1. The first-order valence-electron chi connectivity index (χ1n) is 7.02. The van der Waals surface area contributed by atoms with E-state index in [-0.39, 0.29) is 0 Å². The van der Waals surface area contributed by atoms with Crippen molar-refractivity contribution < 1.29 is 4.74 Å². The molecule has 0 atom stereocenters. The second kappa shape index (κ2) is 8.98. The molecule has 0 unspecified atom stereocenters. The summed E-state index contributed by atoms with van der Waals surface area (Å²) < 4.78 is 5.38. The molecule has 0 fully saturated rings. The Kier molecular flexibility index (Phi) is 7.20. The summed E-state index contributed by atoms with van der Waals surface area (Å²) in [6, 6.07) is 5.93. The smallest absolute Gasteiger partial charge is 0.146 e. The Labute approximate surface area is 121 Å². The first-order valence-corrected chi connectivity index (χ1v) is 7.02. The van der Waals surface area contributed by atoms with Crippen LogP contribution >= 0.6 is 0 Å². The normalized spacial score (nSPS) is 10.5. The van der Waals surface area contributed by atoms with E-state index in [1.54, 1.807) is 7.11 Å². The quantitative estimate of drug-likeness (QED) is 0.311. The predicted molar refractivity (Wildman–Crippen MR) is 82.2 cm³/mol. The van der Waals surface area contributed by atoms with Gasteiger partial charge in [-0.15, -0.1) is 17.5 Å². The van der Waals surface area contributed by atoms with E-state index in [1.165, 1.54) is 0 Å². The van der Waals surface area contributed by atoms with Gasteiger partial charge in [-0.2, -0.15) is 0 Å². The van der Waals surface area contributed by atoms with Gasteiger partial charge in [0.05, 0.1) is 7.11 Å². The van der Waals surface area contributed by atoms with E-state index in [4.69, 9.17) is 11.2 Å². The van der Waals surface area contributed by atoms with E-state index in [9.17, 15) is 0 Å². The maximum Gasteiger partial charge on any atom is 0.146 e. The maximum atomic E-state index is 5.38. The molecule has 0 aliphatic carbocycles. The van der Waals surface area contributed by atoms with Crippen molar-refractivity contribution in [1.82, 2.24) is 5.01 Å². The van der Waals surface area contributed by atoms with Crippen molar-refractivity contribution in [2.24, 2.45) is 10.3 Å². The van der Waals surface area contributed by atoms with Crippen molar-refractivity contribution in [2.45, 2.75) is 33.1 Å². The zero-order chi connectivity index (χ0) is 14.8. The lowest BCUT2D eigenvalue weighted by Crippen LogP contribution is -2.14. The molecule has 0 aliphatic rings. The summed E-state index contributed by atoms with van der Waals surface area (Å²) in [6.45, 7) is 5.78. The van der Waals surface area contributed by atoms with Gasteiger partial charge in [-0.1, -0.05) is 17.4 Å². The molecular weight excluding hydrogens is 250 g/mol. The van der Waals surface area contributed by atoms with Crippen LogP contribution in [0.4, 0.5) is 5.69 Å². The van der Waals surface area contributed by atoms with Gasteiger partial charge in [0, 0.05) is 19.5 Å². The van der Waals surface area contributed by atoms with Crippen LogP contribution in [-0.2, 0) is 6.42 Å². The third-order valence-corrected chi connectivity index (χ3v) is 3.07. The SMILES string of the molecule is C#CCCCc1cccc(OC)c1N=NN(CC)CC. The zero-order valence-corrected chi connectivity index (χ0v) is 12.6. The minimum Gasteiger partial charge on any atom is -0.494 e. The second-order valence-corrected chi connectivity index (χ2v) is 4.35. The highest BCUT2D eigenvalue weighted by Gasteiger charge is 2.08. The highest BCUT2D eigenvalue weighted by molar-refractivity contribution is 5.57. The van der Waals surface area contributed by atoms with Gasteiger partial charge in [-0.25, -0.2) is 0 Å². The van der Waals surface area contributed by atoms with Crippen molar-refractivity contribution in [2.75, 3.05) is 20.2 Å². The molecule has 0 saturated carbocycles. The highest BCUT2D eigenvalue weighted by atomic mass is 16.5. The summed E-state index contributed by atoms with van der Waals surface area (Å²) in [4.78, 5) is 0. The van der Waals surface area contributed by atoms with Crippen LogP contribution in [0, 0.1) is 12.3 Å². The molecule has 108 valence electrons. The van der Waals surface area contributed by atoms with Crippen LogP contribution in [0.5, 0.6) is 5.75 Å². The van der Waals surface area contributed by atoms with Gasteiger partial charge in [0.25, 0.3) is 0 Å². The van der Waals surface area contributed by atoms with Crippen LogP contribution in [0.1, 0.15) is 32.3 Å². The van der Waals surface area contributed by atoms with E-state index >= 15 is 0 Å². The van der Waals surface area contributed by atoms with Crippen LogP contribution in [-0.4, -0.2) is 25.2 Å². The van der Waals surface area contributed by atoms with E-state index in [0.717, 1.165) is 49.4 Å². The summed E-state index contributed by atoms with van der Waals surface area (Å²) in [5.41, 5.74) is 1.93. The number of benzene rings is 1. The van der Waals surface area contributed by atoms with Gasteiger partial charge in [0.2, 0.25) is 0 Å². The van der Waals surface area contributed by atoms with Gasteiger partial charge in [-0.05, 0) is 38.3 Å². The Morgan fingerprint density at radius 2 is 2.05 bits per heavy atom. The standard InChI is InChI=1S/C16H23N3O/c1-5-8-9-11-14-12-10-13-15(20-4)16(14)17-18-19(6-2)7-3/h1,10,12-13H,6-9,11H2,2-4H3. The van der Waals surface area contributed by atoms with Crippen LogP contribution in [0.3, 0.4) is 0 Å². The molecule has 0 spiro atoms. The van der Waals surface area contributed by atoms with Crippen molar-refractivity contribution in [1.29, 1.82) is 0 Å². The maximum absolute atomic E-state index is 5.38. The number of terminal acetylenes is 1. The molecular formula is C16H23N3O. The molecule has 1 aromatic rings. The number of unbranched alkanes of at least 4 members (excludes halogenated alkanes) is 1. The topological polar surface area (TPSA) is 37.2 Å². The Hall–Kier alpha value is -2.02. The van der Waals surface area contributed by atoms with E-state index in [1.807, 2.05) is 17.1 Å². The molecule has 0 amide bonds. The molecule has 0 aliphatic heterocycles. The fraction of sp³-hybridized carbons (Fsp3) is 0.500. The fourth-order valence-corrected chi connectivity index (χ4v) is 1.89. The summed E-state index contributed by atoms with van der Waals surface area (Å²) in [5, 5.41) is 10.5. The summed E-state index contributed by atoms with van der Waals surface area (Å²) in [5.74, 6) is 3.41. The Balaban J connectivity index is 2.97. The van der Waals surface area contributed by atoms with Crippen LogP contribution in [0.15, 0.2) is 28.5 Å². The zero-order valence-electron chi connectivity index (χ0n) is 12.6. The average Bonchev–Trinajstić information content (AvgIpc) is 2.49. The Bertz CT molecular complexity index is 473. The number of rotatable bonds is 8. The van der Waals surface area contributed by atoms with Crippen molar-refractivity contribution >= 4 is 5.69 Å². The lowest BCUT2D eigenvalue weighted by molar-refractivity contribution is 0.300. The molecule has 4 nitrogen and oxygen atoms in total. The summed E-state index contributed by atoms with van der Waals surface area (Å²) >= 11 is 0. The molecule has 0 aromatic heterocycles. The first kappa shape index (κ1) is 16.0. The Morgan fingerprint density at radius 1 is 1.30 bits per heavy atom. The van der Waals surface area contributed by atoms with E-state index in [0.29, 0.717) is 0 Å². The first-order chi connectivity index (χ1) is 9.76. The number of hydrogen-bond acceptors (Lipinski definition) is 3. The third kappa shape index (κ3) is 4.58. The van der Waals surface area contributed by atoms with Gasteiger partial charge in [-0.3, -0.25) is 5.01 Å². The second-order valence-electron chi connectivity index (χ2n) is 4.35. The molecule has 0 radical (unpaired) electrons. The minimum atomic E-state index is 0.749. The van der Waals surface area contributed by atoms with Crippen LogP contribution < -0.4 is 4.74 Å². The number of hydrogen-bond donors (Lipinski definition) is 0. The van der Waals surface area contributed by atoms with E-state index < -0.39 is 0 Å². The van der Waals surface area contributed by atoms with Crippen molar-refractivity contribution in [3.8, 4) is 18.1 Å². The molecule has 0 N–H and O–H groups in total. The third-order valence-electron chi connectivity index (χ3n) is 3.07. The van der Waals surface area contributed by atoms with Gasteiger partial charge >= 0.3 is 0 Å². The molecule has 1 rings (SSSR count). The molecule has 4 heteroatoms. The molecule has 0 bridgehead atoms. The summed E-state index contributed by atoms with van der Waals surface area (Å²) in [6.07, 6.45) is 7.89. The van der Waals surface area contributed by atoms with Crippen LogP contribution in [0.2, 0.25) is 0 Å². The monoisotopic (exact) mass is 273 g/mol. The number of aryl methyl sites for hydroxylation is 1. The van der Waals surface area contributed by atoms with Gasteiger partial charge in [0.1, 0.15) is 11.4 Å². The Morgan fingerprint density at radius 3 is 2.65 bits per heavy atom. The minimum absolute atomic E-state index is 0.749. The highest BCUT2D eigenvalue weighted by Crippen LogP contribution is 2.32. The lowest BCUT2D eigenvalue weighted by Gasteiger charge is -2.13. The van der Waals surface area contributed by atoms with Crippen LogP contribution in [0.25, 0.3) is 0 Å². The molecule has 1 aromatic carbocycles. The number of methoxy groups -OCH3 is 1. The summed E-state index contributed by atoms with van der Waals surface area (Å²) in [7, 11) is 1.65. The molecule has 0 saturated heterocycles. The molecule has 20 heavy (non-hydrogen) atoms. The average molecular weight is 273 g/mol.